The summed E-state index contributed by atoms with van der Waals surface area (Å²) in [5.41, 5.74) is 5.14. The summed E-state index contributed by atoms with van der Waals surface area (Å²) in [7, 11) is 0. The minimum Gasteiger partial charge on any atom is -0.309 e. The van der Waals surface area contributed by atoms with E-state index in [-0.39, 0.29) is 0 Å². The number of benzene rings is 1. The second-order valence-electron chi connectivity index (χ2n) is 5.90. The smallest absolute Gasteiger partial charge is 0.0158 e. The van der Waals surface area contributed by atoms with Crippen LogP contribution in [0.5, 0.6) is 0 Å². The van der Waals surface area contributed by atoms with Gasteiger partial charge in [0.2, 0.25) is 0 Å². The van der Waals surface area contributed by atoms with Gasteiger partial charge in [-0.1, -0.05) is 50.6 Å². The Kier molecular flexibility index (Phi) is 5.58. The number of nitrogens with one attached hydrogen (secondary N) is 1. The monoisotopic (exact) mass is 269 g/mol. The predicted octanol–water partition coefficient (Wildman–Crippen LogP) is 5.42. The Morgan fingerprint density at radius 1 is 1.30 bits per heavy atom. The second-order valence-corrected chi connectivity index (χ2v) is 5.90. The Morgan fingerprint density at radius 3 is 2.75 bits per heavy atom. The van der Waals surface area contributed by atoms with Crippen molar-refractivity contribution in [2.24, 2.45) is 5.92 Å². The van der Waals surface area contributed by atoms with Crippen molar-refractivity contribution in [1.29, 1.82) is 5.41 Å². The van der Waals surface area contributed by atoms with E-state index in [0.29, 0.717) is 5.92 Å². The number of hydrogen-bond acceptors (Lipinski definition) is 1. The number of rotatable bonds is 8. The van der Waals surface area contributed by atoms with Gasteiger partial charge in [-0.05, 0) is 54.7 Å². The Bertz CT molecular complexity index is 481. The predicted molar refractivity (Wildman–Crippen MR) is 88.5 cm³/mol. The van der Waals surface area contributed by atoms with Crippen molar-refractivity contribution in [1.82, 2.24) is 0 Å². The second kappa shape index (κ2) is 7.42. The van der Waals surface area contributed by atoms with Crippen LogP contribution >= 0.6 is 0 Å². The van der Waals surface area contributed by atoms with Crippen molar-refractivity contribution in [3.05, 3.63) is 41.0 Å². The van der Waals surface area contributed by atoms with Gasteiger partial charge in [-0.2, -0.15) is 0 Å². The number of hydrogen-bond donors (Lipinski definition) is 1. The molecule has 0 unspecified atom stereocenters. The molecule has 0 heterocycles. The molecule has 0 radical (unpaired) electrons. The molecular weight excluding hydrogens is 242 g/mol. The van der Waals surface area contributed by atoms with E-state index in [1.54, 1.807) is 0 Å². The summed E-state index contributed by atoms with van der Waals surface area (Å²) in [5, 5.41) is 7.96. The zero-order chi connectivity index (χ0) is 14.4. The van der Waals surface area contributed by atoms with Crippen molar-refractivity contribution < 1.29 is 0 Å². The van der Waals surface area contributed by atoms with Gasteiger partial charge in [0.15, 0.2) is 0 Å². The highest BCUT2D eigenvalue weighted by Gasteiger charge is 2.24. The molecular formula is C19H27N. The Morgan fingerprint density at radius 2 is 2.10 bits per heavy atom. The third-order valence-electron chi connectivity index (χ3n) is 4.12. The summed E-state index contributed by atoms with van der Waals surface area (Å²) in [5.74, 6) is 0.598. The summed E-state index contributed by atoms with van der Waals surface area (Å²) < 4.78 is 0. The molecule has 1 heteroatoms. The van der Waals surface area contributed by atoms with Crippen LogP contribution in [0.2, 0.25) is 0 Å². The fraction of sp³-hybridized carbons (Fsp3) is 0.526. The first kappa shape index (κ1) is 15.0. The van der Waals surface area contributed by atoms with Gasteiger partial charge >= 0.3 is 0 Å². The van der Waals surface area contributed by atoms with E-state index in [4.69, 9.17) is 5.41 Å². The molecule has 0 bridgehead atoms. The van der Waals surface area contributed by atoms with E-state index in [1.807, 2.05) is 0 Å². The van der Waals surface area contributed by atoms with Crippen molar-refractivity contribution in [3.63, 3.8) is 0 Å². The SMILES string of the molecule is CCCCc1ccc(CC)cc1/C=C/CC(=N)C1CC1. The first-order valence-electron chi connectivity index (χ1n) is 8.10. The van der Waals surface area contributed by atoms with Gasteiger partial charge in [-0.25, -0.2) is 0 Å². The van der Waals surface area contributed by atoms with Crippen LogP contribution in [0.25, 0.3) is 6.08 Å². The molecule has 1 aromatic carbocycles. The van der Waals surface area contributed by atoms with E-state index < -0.39 is 0 Å². The van der Waals surface area contributed by atoms with Crippen LogP contribution < -0.4 is 0 Å². The fourth-order valence-corrected chi connectivity index (χ4v) is 2.53. The molecule has 1 aromatic rings. The Balaban J connectivity index is 2.05. The molecule has 108 valence electrons. The van der Waals surface area contributed by atoms with Crippen LogP contribution in [0.1, 0.15) is 62.6 Å². The molecule has 0 atom stereocenters. The lowest BCUT2D eigenvalue weighted by Gasteiger charge is -2.08. The molecule has 2 rings (SSSR count). The molecule has 1 N–H and O–H groups in total. The highest BCUT2D eigenvalue weighted by Crippen LogP contribution is 2.31. The minimum atomic E-state index is 0.598. The van der Waals surface area contributed by atoms with E-state index in [9.17, 15) is 0 Å². The average molecular weight is 269 g/mol. The normalized spacial score (nSPS) is 14.9. The van der Waals surface area contributed by atoms with Crippen LogP contribution in [-0.2, 0) is 12.8 Å². The largest absolute Gasteiger partial charge is 0.309 e. The lowest BCUT2D eigenvalue weighted by atomic mass is 9.98. The molecule has 1 nitrogen and oxygen atoms in total. The van der Waals surface area contributed by atoms with Crippen LogP contribution in [0.15, 0.2) is 24.3 Å². The average Bonchev–Trinajstić information content (AvgIpc) is 3.30. The molecule has 1 aliphatic carbocycles. The molecule has 1 fully saturated rings. The van der Waals surface area contributed by atoms with Gasteiger partial charge in [0.05, 0.1) is 0 Å². The Hall–Kier alpha value is -1.37. The highest BCUT2D eigenvalue weighted by atomic mass is 14.5. The molecule has 0 spiro atoms. The highest BCUT2D eigenvalue weighted by molar-refractivity contribution is 5.87. The van der Waals surface area contributed by atoms with Gasteiger partial charge in [0, 0.05) is 12.1 Å². The maximum absolute atomic E-state index is 7.96. The van der Waals surface area contributed by atoms with Gasteiger partial charge in [0.1, 0.15) is 0 Å². The summed E-state index contributed by atoms with van der Waals surface area (Å²) in [4.78, 5) is 0. The van der Waals surface area contributed by atoms with Gasteiger partial charge < -0.3 is 5.41 Å². The van der Waals surface area contributed by atoms with Gasteiger partial charge in [0.25, 0.3) is 0 Å². The molecule has 0 aliphatic heterocycles. The molecule has 1 saturated carbocycles. The summed E-state index contributed by atoms with van der Waals surface area (Å²) in [6, 6.07) is 6.87. The van der Waals surface area contributed by atoms with E-state index in [2.05, 4.69) is 44.2 Å². The first-order valence-corrected chi connectivity index (χ1v) is 8.10. The summed E-state index contributed by atoms with van der Waals surface area (Å²) in [6.07, 6.45) is 12.5. The minimum absolute atomic E-state index is 0.598. The van der Waals surface area contributed by atoms with Crippen LogP contribution in [0.4, 0.5) is 0 Å². The summed E-state index contributed by atoms with van der Waals surface area (Å²) in [6.45, 7) is 4.45. The summed E-state index contributed by atoms with van der Waals surface area (Å²) >= 11 is 0. The van der Waals surface area contributed by atoms with E-state index in [1.165, 1.54) is 48.8 Å². The van der Waals surface area contributed by atoms with E-state index in [0.717, 1.165) is 18.6 Å². The Labute approximate surface area is 123 Å². The number of unbranched alkanes of at least 4 members (excludes halogenated alkanes) is 1. The van der Waals surface area contributed by atoms with Crippen LogP contribution in [0, 0.1) is 11.3 Å². The third-order valence-corrected chi connectivity index (χ3v) is 4.12. The van der Waals surface area contributed by atoms with Crippen molar-refractivity contribution in [2.45, 2.75) is 58.8 Å². The quantitative estimate of drug-likeness (QED) is 0.609. The fourth-order valence-electron chi connectivity index (χ4n) is 2.53. The van der Waals surface area contributed by atoms with Crippen molar-refractivity contribution >= 4 is 11.8 Å². The lowest BCUT2D eigenvalue weighted by molar-refractivity contribution is 0.793. The molecule has 0 amide bonds. The zero-order valence-electron chi connectivity index (χ0n) is 12.9. The van der Waals surface area contributed by atoms with Crippen molar-refractivity contribution in [2.75, 3.05) is 0 Å². The number of allylic oxidation sites excluding steroid dienone is 1. The topological polar surface area (TPSA) is 23.9 Å². The molecule has 1 aliphatic rings. The van der Waals surface area contributed by atoms with Gasteiger partial charge in [-0.3, -0.25) is 0 Å². The molecule has 20 heavy (non-hydrogen) atoms. The first-order chi connectivity index (χ1) is 9.74. The van der Waals surface area contributed by atoms with E-state index >= 15 is 0 Å². The van der Waals surface area contributed by atoms with Crippen LogP contribution in [-0.4, -0.2) is 5.71 Å². The third kappa shape index (κ3) is 4.33. The molecule has 0 saturated heterocycles. The zero-order valence-corrected chi connectivity index (χ0v) is 12.9. The lowest BCUT2D eigenvalue weighted by Crippen LogP contribution is -1.96. The standard InChI is InChI=1S/C19H27N/c1-3-5-7-16-11-10-15(4-2)14-18(16)8-6-9-19(20)17-12-13-17/h6,8,10-11,14,17,20H,3-5,7,9,12-13H2,1-2H3/b8-6+,20-19?. The van der Waals surface area contributed by atoms with Crippen LogP contribution in [0.3, 0.4) is 0 Å². The number of aryl methyl sites for hydroxylation is 2. The van der Waals surface area contributed by atoms with Crippen molar-refractivity contribution in [3.8, 4) is 0 Å². The maximum atomic E-state index is 7.96. The maximum Gasteiger partial charge on any atom is 0.0158 e. The molecule has 0 aromatic heterocycles. The van der Waals surface area contributed by atoms with Gasteiger partial charge in [-0.15, -0.1) is 0 Å².